The lowest BCUT2D eigenvalue weighted by Gasteiger charge is -2.34. The molecule has 6 heteroatoms. The molecule has 34 heavy (non-hydrogen) atoms. The van der Waals surface area contributed by atoms with Crippen LogP contribution in [0.2, 0.25) is 0 Å². The Labute approximate surface area is 202 Å². The molecule has 0 aromatic heterocycles. The number of benzene rings is 3. The second kappa shape index (κ2) is 12.3. The summed E-state index contributed by atoms with van der Waals surface area (Å²) < 4.78 is 5.90. The average Bonchev–Trinajstić information content (AvgIpc) is 2.86. The van der Waals surface area contributed by atoms with Gasteiger partial charge in [0, 0.05) is 57.9 Å². The van der Waals surface area contributed by atoms with Gasteiger partial charge in [-0.3, -0.25) is 14.6 Å². The molecule has 1 heterocycles. The van der Waals surface area contributed by atoms with E-state index in [0.29, 0.717) is 19.6 Å². The minimum Gasteiger partial charge on any atom is -0.489 e. The molecule has 0 unspecified atom stereocenters. The first-order chi connectivity index (χ1) is 16.7. The van der Waals surface area contributed by atoms with Crippen molar-refractivity contribution in [1.29, 1.82) is 0 Å². The Morgan fingerprint density at radius 1 is 0.794 bits per heavy atom. The molecule has 0 atom stereocenters. The van der Waals surface area contributed by atoms with Crippen LogP contribution in [-0.2, 0) is 24.5 Å². The Balaban J connectivity index is 1.20. The molecule has 6 nitrogen and oxygen atoms in total. The van der Waals surface area contributed by atoms with Gasteiger partial charge in [0.2, 0.25) is 5.91 Å². The van der Waals surface area contributed by atoms with Gasteiger partial charge in [-0.15, -0.1) is 0 Å². The Morgan fingerprint density at radius 2 is 1.44 bits per heavy atom. The van der Waals surface area contributed by atoms with Crippen LogP contribution >= 0.6 is 0 Å². The first-order valence-corrected chi connectivity index (χ1v) is 12.0. The fourth-order valence-corrected chi connectivity index (χ4v) is 4.16. The van der Waals surface area contributed by atoms with Crippen LogP contribution in [0.25, 0.3) is 0 Å². The summed E-state index contributed by atoms with van der Waals surface area (Å²) in [6, 6.07) is 26.8. The zero-order valence-corrected chi connectivity index (χ0v) is 19.7. The third kappa shape index (κ3) is 7.42. The summed E-state index contributed by atoms with van der Waals surface area (Å²) in [6.45, 7) is 6.94. The molecule has 0 spiro atoms. The minimum atomic E-state index is -0.0379. The van der Waals surface area contributed by atoms with Crippen molar-refractivity contribution in [2.24, 2.45) is 5.73 Å². The van der Waals surface area contributed by atoms with E-state index in [0.717, 1.165) is 50.7 Å². The molecule has 1 saturated heterocycles. The van der Waals surface area contributed by atoms with Crippen LogP contribution in [0.15, 0.2) is 78.9 Å². The molecular formula is C28H34N4O2. The summed E-state index contributed by atoms with van der Waals surface area (Å²) in [5.41, 5.74) is 9.99. The highest BCUT2D eigenvalue weighted by molar-refractivity contribution is 5.90. The van der Waals surface area contributed by atoms with Crippen LogP contribution in [0.5, 0.6) is 5.75 Å². The van der Waals surface area contributed by atoms with Gasteiger partial charge < -0.3 is 15.8 Å². The zero-order valence-electron chi connectivity index (χ0n) is 19.7. The molecule has 3 aromatic rings. The molecule has 1 aliphatic heterocycles. The second-order valence-electron chi connectivity index (χ2n) is 8.76. The van der Waals surface area contributed by atoms with Gasteiger partial charge in [0.05, 0.1) is 0 Å². The lowest BCUT2D eigenvalue weighted by molar-refractivity contribution is -0.116. The highest BCUT2D eigenvalue weighted by atomic mass is 16.5. The van der Waals surface area contributed by atoms with Gasteiger partial charge in [-0.25, -0.2) is 0 Å². The number of anilines is 1. The average molecular weight is 459 g/mol. The molecule has 3 aromatic carbocycles. The Morgan fingerprint density at radius 3 is 2.12 bits per heavy atom. The Bertz CT molecular complexity index is 1030. The van der Waals surface area contributed by atoms with Crippen molar-refractivity contribution in [3.8, 4) is 5.75 Å². The van der Waals surface area contributed by atoms with Gasteiger partial charge in [0.1, 0.15) is 12.4 Å². The molecule has 0 bridgehead atoms. The number of nitrogens with one attached hydrogen (secondary N) is 1. The number of ether oxygens (including phenoxy) is 1. The number of carbonyl (C=O) groups excluding carboxylic acids is 1. The summed E-state index contributed by atoms with van der Waals surface area (Å²) in [4.78, 5) is 16.8. The molecule has 4 rings (SSSR count). The molecule has 1 aliphatic rings. The molecule has 3 N–H and O–H groups in total. The van der Waals surface area contributed by atoms with Gasteiger partial charge in [-0.1, -0.05) is 54.6 Å². The normalized spacial score (nSPS) is 14.6. The van der Waals surface area contributed by atoms with E-state index >= 15 is 0 Å². The molecule has 1 amide bonds. The Kier molecular flexibility index (Phi) is 8.68. The van der Waals surface area contributed by atoms with Crippen molar-refractivity contribution in [3.63, 3.8) is 0 Å². The van der Waals surface area contributed by atoms with Gasteiger partial charge in [0.15, 0.2) is 0 Å². The van der Waals surface area contributed by atoms with Crippen molar-refractivity contribution >= 4 is 11.6 Å². The zero-order chi connectivity index (χ0) is 23.6. The summed E-state index contributed by atoms with van der Waals surface area (Å²) in [6.07, 6.45) is 0.343. The first kappa shape index (κ1) is 24.0. The lowest BCUT2D eigenvalue weighted by atomic mass is 10.1. The van der Waals surface area contributed by atoms with E-state index in [1.54, 1.807) is 0 Å². The minimum absolute atomic E-state index is 0.0379. The van der Waals surface area contributed by atoms with Crippen LogP contribution in [-0.4, -0.2) is 48.4 Å². The van der Waals surface area contributed by atoms with Crippen molar-refractivity contribution in [3.05, 3.63) is 95.6 Å². The number of hydrogen-bond donors (Lipinski definition) is 2. The van der Waals surface area contributed by atoms with Crippen LogP contribution in [0.1, 0.15) is 23.1 Å². The van der Waals surface area contributed by atoms with E-state index < -0.39 is 0 Å². The fourth-order valence-electron chi connectivity index (χ4n) is 4.16. The summed E-state index contributed by atoms with van der Waals surface area (Å²) >= 11 is 0. The van der Waals surface area contributed by atoms with Crippen LogP contribution in [0.4, 0.5) is 5.69 Å². The standard InChI is InChI=1S/C28H34N4O2/c29-14-13-28(33)30-26-8-4-7-25(19-26)21-32-17-15-31(16-18-32)20-23-9-11-27(12-10-23)34-22-24-5-2-1-3-6-24/h1-12,19H,13-18,20-22,29H2,(H,30,33). The predicted octanol–water partition coefficient (Wildman–Crippen LogP) is 3.87. The second-order valence-corrected chi connectivity index (χ2v) is 8.76. The molecular weight excluding hydrogens is 424 g/mol. The maximum Gasteiger partial charge on any atom is 0.225 e. The van der Waals surface area contributed by atoms with E-state index in [2.05, 4.69) is 63.6 Å². The number of piperazine rings is 1. The number of hydrogen-bond acceptors (Lipinski definition) is 5. The first-order valence-electron chi connectivity index (χ1n) is 12.0. The molecule has 0 aliphatic carbocycles. The van der Waals surface area contributed by atoms with Crippen LogP contribution in [0.3, 0.4) is 0 Å². The monoisotopic (exact) mass is 458 g/mol. The maximum atomic E-state index is 11.8. The van der Waals surface area contributed by atoms with Crippen molar-refractivity contribution in [2.45, 2.75) is 26.1 Å². The smallest absolute Gasteiger partial charge is 0.225 e. The van der Waals surface area contributed by atoms with Gasteiger partial charge >= 0.3 is 0 Å². The highest BCUT2D eigenvalue weighted by Gasteiger charge is 2.17. The predicted molar refractivity (Wildman–Crippen MR) is 137 cm³/mol. The summed E-state index contributed by atoms with van der Waals surface area (Å²) in [7, 11) is 0. The molecule has 0 saturated carbocycles. The maximum absolute atomic E-state index is 11.8. The third-order valence-electron chi connectivity index (χ3n) is 6.03. The van der Waals surface area contributed by atoms with E-state index in [4.69, 9.17) is 10.5 Å². The number of nitrogens with zero attached hydrogens (tertiary/aromatic N) is 2. The number of amides is 1. The Hall–Kier alpha value is -3.19. The van der Waals surface area contributed by atoms with E-state index in [1.807, 2.05) is 30.3 Å². The fraction of sp³-hybridized carbons (Fsp3) is 0.321. The number of rotatable bonds is 10. The van der Waals surface area contributed by atoms with Crippen LogP contribution in [0, 0.1) is 0 Å². The highest BCUT2D eigenvalue weighted by Crippen LogP contribution is 2.18. The number of nitrogens with two attached hydrogens (primary N) is 1. The SMILES string of the molecule is NCCC(=O)Nc1cccc(CN2CCN(Cc3ccc(OCc4ccccc4)cc3)CC2)c1. The van der Waals surface area contributed by atoms with Gasteiger partial charge in [-0.2, -0.15) is 0 Å². The van der Waals surface area contributed by atoms with Gasteiger partial charge in [0.25, 0.3) is 0 Å². The van der Waals surface area contributed by atoms with Crippen molar-refractivity contribution < 1.29 is 9.53 Å². The lowest BCUT2D eigenvalue weighted by Crippen LogP contribution is -2.45. The third-order valence-corrected chi connectivity index (χ3v) is 6.03. The summed E-state index contributed by atoms with van der Waals surface area (Å²) in [5, 5.41) is 2.92. The molecule has 1 fully saturated rings. The largest absolute Gasteiger partial charge is 0.489 e. The van der Waals surface area contributed by atoms with Gasteiger partial charge in [-0.05, 0) is 41.0 Å². The van der Waals surface area contributed by atoms with Crippen molar-refractivity contribution in [2.75, 3.05) is 38.0 Å². The summed E-state index contributed by atoms with van der Waals surface area (Å²) in [5.74, 6) is 0.864. The van der Waals surface area contributed by atoms with Crippen LogP contribution < -0.4 is 15.8 Å². The molecule has 178 valence electrons. The van der Waals surface area contributed by atoms with E-state index in [-0.39, 0.29) is 5.91 Å². The van der Waals surface area contributed by atoms with E-state index in [1.165, 1.54) is 16.7 Å². The quantitative estimate of drug-likeness (QED) is 0.483. The topological polar surface area (TPSA) is 70.8 Å². The number of carbonyl (C=O) groups is 1. The van der Waals surface area contributed by atoms with Crippen molar-refractivity contribution in [1.82, 2.24) is 9.80 Å². The van der Waals surface area contributed by atoms with E-state index in [9.17, 15) is 4.79 Å². The molecule has 0 radical (unpaired) electrons.